The lowest BCUT2D eigenvalue weighted by atomic mass is 10.1. The van der Waals surface area contributed by atoms with E-state index in [4.69, 9.17) is 4.74 Å². The molecule has 1 aromatic heterocycles. The summed E-state index contributed by atoms with van der Waals surface area (Å²) in [5.74, 6) is -0.647. The third kappa shape index (κ3) is 4.04. The number of ether oxygens (including phenoxy) is 1. The molecule has 1 atom stereocenters. The molecule has 2 saturated heterocycles. The Balaban J connectivity index is 1.59. The fourth-order valence-electron chi connectivity index (χ4n) is 4.02. The van der Waals surface area contributed by atoms with Crippen LogP contribution >= 0.6 is 0 Å². The van der Waals surface area contributed by atoms with E-state index >= 15 is 0 Å². The Bertz CT molecular complexity index is 892. The van der Waals surface area contributed by atoms with Gasteiger partial charge in [-0.25, -0.2) is 4.39 Å². The monoisotopic (exact) mass is 373 g/mol. The fourth-order valence-corrected chi connectivity index (χ4v) is 4.02. The van der Waals surface area contributed by atoms with Gasteiger partial charge in [0.05, 0.1) is 17.2 Å². The largest absolute Gasteiger partial charge is 0.375 e. The zero-order valence-corrected chi connectivity index (χ0v) is 15.2. The van der Waals surface area contributed by atoms with Crippen LogP contribution in [0.15, 0.2) is 29.1 Å². The van der Waals surface area contributed by atoms with Gasteiger partial charge in [0, 0.05) is 37.7 Å². The Kier molecular flexibility index (Phi) is 5.22. The number of H-pyrrole nitrogens is 1. The number of halogens is 1. The van der Waals surface area contributed by atoms with E-state index in [0.29, 0.717) is 36.2 Å². The van der Waals surface area contributed by atoms with E-state index in [0.717, 1.165) is 26.1 Å². The van der Waals surface area contributed by atoms with Crippen molar-refractivity contribution < 1.29 is 13.9 Å². The molecule has 0 radical (unpaired) electrons. The molecule has 0 bridgehead atoms. The average molecular weight is 373 g/mol. The minimum atomic E-state index is -0.448. The van der Waals surface area contributed by atoms with Crippen molar-refractivity contribution in [2.45, 2.75) is 25.4 Å². The summed E-state index contributed by atoms with van der Waals surface area (Å²) in [6.45, 7) is 4.71. The van der Waals surface area contributed by atoms with Crippen molar-refractivity contribution in [1.82, 2.24) is 14.8 Å². The van der Waals surface area contributed by atoms with Crippen LogP contribution in [-0.4, -0.2) is 66.1 Å². The SMILES string of the molecule is O=C(c1cc(=O)[nH]c2cc(F)ccc12)N1CCCOC(CN2CCCC2)C1. The number of pyridine rings is 1. The van der Waals surface area contributed by atoms with E-state index in [1.807, 2.05) is 0 Å². The number of benzene rings is 1. The van der Waals surface area contributed by atoms with Crippen molar-refractivity contribution >= 4 is 16.8 Å². The first-order valence-electron chi connectivity index (χ1n) is 9.56. The molecule has 1 amide bonds. The highest BCUT2D eigenvalue weighted by atomic mass is 19.1. The molecule has 0 saturated carbocycles. The van der Waals surface area contributed by atoms with E-state index in [1.165, 1.54) is 31.0 Å². The lowest BCUT2D eigenvalue weighted by Crippen LogP contribution is -2.42. The quantitative estimate of drug-likeness (QED) is 0.894. The molecule has 2 aliphatic rings. The third-order valence-corrected chi connectivity index (χ3v) is 5.33. The molecular weight excluding hydrogens is 349 g/mol. The molecule has 144 valence electrons. The lowest BCUT2D eigenvalue weighted by Gasteiger charge is -2.27. The van der Waals surface area contributed by atoms with Crippen LogP contribution in [0.3, 0.4) is 0 Å². The fraction of sp³-hybridized carbons (Fsp3) is 0.500. The molecule has 2 aliphatic heterocycles. The highest BCUT2D eigenvalue weighted by Crippen LogP contribution is 2.20. The second-order valence-corrected chi connectivity index (χ2v) is 7.34. The Morgan fingerprint density at radius 1 is 1.19 bits per heavy atom. The average Bonchev–Trinajstić information content (AvgIpc) is 3.04. The van der Waals surface area contributed by atoms with Crippen LogP contribution in [0.1, 0.15) is 29.6 Å². The molecule has 1 aromatic carbocycles. The van der Waals surface area contributed by atoms with Gasteiger partial charge in [-0.1, -0.05) is 0 Å². The van der Waals surface area contributed by atoms with E-state index in [1.54, 1.807) is 11.0 Å². The number of aromatic amines is 1. The molecule has 4 rings (SSSR count). The summed E-state index contributed by atoms with van der Waals surface area (Å²) >= 11 is 0. The van der Waals surface area contributed by atoms with Crippen LogP contribution in [0.25, 0.3) is 10.9 Å². The molecule has 2 fully saturated rings. The smallest absolute Gasteiger partial charge is 0.254 e. The summed E-state index contributed by atoms with van der Waals surface area (Å²) < 4.78 is 19.5. The number of amides is 1. The molecule has 1 unspecified atom stereocenters. The first-order chi connectivity index (χ1) is 13.1. The maximum absolute atomic E-state index is 13.5. The number of nitrogens with zero attached hydrogens (tertiary/aromatic N) is 2. The standard InChI is InChI=1S/C20H24FN3O3/c21-14-4-5-16-17(11-19(25)22-18(16)10-14)20(26)24-8-3-9-27-15(13-24)12-23-6-1-2-7-23/h4-5,10-11,15H,1-3,6-9,12-13H2,(H,22,25). The number of carbonyl (C=O) groups is 1. The molecule has 27 heavy (non-hydrogen) atoms. The number of rotatable bonds is 3. The second-order valence-electron chi connectivity index (χ2n) is 7.34. The van der Waals surface area contributed by atoms with Gasteiger partial charge in [0.2, 0.25) is 5.56 Å². The summed E-state index contributed by atoms with van der Waals surface area (Å²) in [6.07, 6.45) is 3.16. The summed E-state index contributed by atoms with van der Waals surface area (Å²) in [5.41, 5.74) is 0.247. The summed E-state index contributed by atoms with van der Waals surface area (Å²) in [4.78, 5) is 31.9. The Morgan fingerprint density at radius 2 is 2.00 bits per heavy atom. The van der Waals surface area contributed by atoms with E-state index in [2.05, 4.69) is 9.88 Å². The van der Waals surface area contributed by atoms with Crippen LogP contribution in [0.4, 0.5) is 4.39 Å². The Labute approximate surface area is 156 Å². The summed E-state index contributed by atoms with van der Waals surface area (Å²) in [7, 11) is 0. The zero-order valence-electron chi connectivity index (χ0n) is 15.2. The molecule has 0 spiro atoms. The van der Waals surface area contributed by atoms with Crippen molar-refractivity contribution in [1.29, 1.82) is 0 Å². The number of likely N-dealkylation sites (tertiary alicyclic amines) is 1. The minimum Gasteiger partial charge on any atom is -0.375 e. The van der Waals surface area contributed by atoms with Gasteiger partial charge in [-0.3, -0.25) is 9.59 Å². The predicted molar refractivity (Wildman–Crippen MR) is 100 cm³/mol. The first-order valence-corrected chi connectivity index (χ1v) is 9.56. The van der Waals surface area contributed by atoms with Gasteiger partial charge in [-0.2, -0.15) is 0 Å². The maximum atomic E-state index is 13.5. The maximum Gasteiger partial charge on any atom is 0.254 e. The summed E-state index contributed by atoms with van der Waals surface area (Å²) in [6, 6.07) is 5.40. The van der Waals surface area contributed by atoms with Crippen LogP contribution in [-0.2, 0) is 4.74 Å². The third-order valence-electron chi connectivity index (χ3n) is 5.33. The molecular formula is C20H24FN3O3. The van der Waals surface area contributed by atoms with Crippen molar-refractivity contribution in [3.8, 4) is 0 Å². The van der Waals surface area contributed by atoms with Gasteiger partial charge in [0.1, 0.15) is 5.82 Å². The van der Waals surface area contributed by atoms with Gasteiger partial charge in [0.25, 0.3) is 5.91 Å². The van der Waals surface area contributed by atoms with Crippen LogP contribution < -0.4 is 5.56 Å². The van der Waals surface area contributed by atoms with Gasteiger partial charge in [-0.05, 0) is 50.6 Å². The topological polar surface area (TPSA) is 65.6 Å². The normalized spacial score (nSPS) is 21.5. The minimum absolute atomic E-state index is 0.0275. The molecule has 2 aromatic rings. The Hall–Kier alpha value is -2.25. The first kappa shape index (κ1) is 18.1. The van der Waals surface area contributed by atoms with E-state index in [-0.39, 0.29) is 12.0 Å². The van der Waals surface area contributed by atoms with Crippen molar-refractivity contribution in [3.63, 3.8) is 0 Å². The number of aromatic nitrogens is 1. The zero-order chi connectivity index (χ0) is 18.8. The second kappa shape index (κ2) is 7.78. The van der Waals surface area contributed by atoms with E-state index in [9.17, 15) is 14.0 Å². The molecule has 6 nitrogen and oxygen atoms in total. The number of fused-ring (bicyclic) bond motifs is 1. The van der Waals surface area contributed by atoms with Gasteiger partial charge in [0.15, 0.2) is 0 Å². The molecule has 3 heterocycles. The lowest BCUT2D eigenvalue weighted by molar-refractivity contribution is 0.0298. The van der Waals surface area contributed by atoms with Gasteiger partial charge < -0.3 is 19.5 Å². The highest BCUT2D eigenvalue weighted by Gasteiger charge is 2.27. The number of nitrogens with one attached hydrogen (secondary N) is 1. The van der Waals surface area contributed by atoms with Gasteiger partial charge >= 0.3 is 0 Å². The van der Waals surface area contributed by atoms with Crippen molar-refractivity contribution in [3.05, 3.63) is 46.0 Å². The molecule has 7 heteroatoms. The van der Waals surface area contributed by atoms with Gasteiger partial charge in [-0.15, -0.1) is 0 Å². The highest BCUT2D eigenvalue weighted by molar-refractivity contribution is 6.06. The van der Waals surface area contributed by atoms with Crippen molar-refractivity contribution in [2.24, 2.45) is 0 Å². The predicted octanol–water partition coefficient (Wildman–Crippen LogP) is 1.99. The number of hydrogen-bond acceptors (Lipinski definition) is 4. The van der Waals surface area contributed by atoms with Crippen molar-refractivity contribution in [2.75, 3.05) is 39.3 Å². The number of carbonyl (C=O) groups excluding carboxylic acids is 1. The van der Waals surface area contributed by atoms with E-state index < -0.39 is 11.4 Å². The van der Waals surface area contributed by atoms with Crippen LogP contribution in [0.5, 0.6) is 0 Å². The van der Waals surface area contributed by atoms with Crippen LogP contribution in [0, 0.1) is 5.82 Å². The molecule has 0 aliphatic carbocycles. The van der Waals surface area contributed by atoms with Crippen LogP contribution in [0.2, 0.25) is 0 Å². The number of hydrogen-bond donors (Lipinski definition) is 1. The molecule has 1 N–H and O–H groups in total. The Morgan fingerprint density at radius 3 is 2.81 bits per heavy atom. The summed E-state index contributed by atoms with van der Waals surface area (Å²) in [5, 5.41) is 0.558.